The molecule has 2 heterocycles. The second kappa shape index (κ2) is 13.6. The lowest BCUT2D eigenvalue weighted by Gasteiger charge is -2.17. The molecule has 0 fully saturated rings. The van der Waals surface area contributed by atoms with Gasteiger partial charge in [-0.3, -0.25) is 0 Å². The molecular formula is C55H33N3S. The molecule has 0 aliphatic rings. The summed E-state index contributed by atoms with van der Waals surface area (Å²) in [6, 6.07) is 71.7. The molecule has 59 heavy (non-hydrogen) atoms. The van der Waals surface area contributed by atoms with Gasteiger partial charge in [0.05, 0.1) is 0 Å². The number of hydrogen-bond acceptors (Lipinski definition) is 4. The van der Waals surface area contributed by atoms with Gasteiger partial charge < -0.3 is 0 Å². The van der Waals surface area contributed by atoms with E-state index < -0.39 is 0 Å². The molecule has 0 unspecified atom stereocenters. The largest absolute Gasteiger partial charge is 0.208 e. The number of fused-ring (bicyclic) bond motifs is 7. The van der Waals surface area contributed by atoms with Gasteiger partial charge in [0.1, 0.15) is 0 Å². The van der Waals surface area contributed by atoms with Gasteiger partial charge in [-0.15, -0.1) is 11.3 Å². The van der Waals surface area contributed by atoms with Crippen LogP contribution in [-0.2, 0) is 0 Å². The third-order valence-electron chi connectivity index (χ3n) is 11.7. The first-order valence-electron chi connectivity index (χ1n) is 19.9. The predicted molar refractivity (Wildman–Crippen MR) is 250 cm³/mol. The second-order valence-electron chi connectivity index (χ2n) is 15.1. The Labute approximate surface area is 344 Å². The van der Waals surface area contributed by atoms with Gasteiger partial charge in [-0.25, -0.2) is 15.0 Å². The van der Waals surface area contributed by atoms with Gasteiger partial charge in [0.15, 0.2) is 17.5 Å². The maximum Gasteiger partial charge on any atom is 0.165 e. The van der Waals surface area contributed by atoms with E-state index in [1.807, 2.05) is 0 Å². The minimum absolute atomic E-state index is 0.640. The average Bonchev–Trinajstić information content (AvgIpc) is 3.69. The summed E-state index contributed by atoms with van der Waals surface area (Å²) in [6.45, 7) is 0. The van der Waals surface area contributed by atoms with Crippen LogP contribution in [0, 0.1) is 0 Å². The minimum Gasteiger partial charge on any atom is -0.208 e. The first kappa shape index (κ1) is 33.6. The van der Waals surface area contributed by atoms with E-state index in [0.717, 1.165) is 49.4 Å². The predicted octanol–water partition coefficient (Wildman–Crippen LogP) is 15.2. The summed E-state index contributed by atoms with van der Waals surface area (Å²) in [6.07, 6.45) is 0. The Morgan fingerprint density at radius 3 is 1.63 bits per heavy atom. The van der Waals surface area contributed by atoms with Gasteiger partial charge >= 0.3 is 0 Å². The molecule has 274 valence electrons. The van der Waals surface area contributed by atoms with Crippen molar-refractivity contribution in [2.75, 3.05) is 0 Å². The van der Waals surface area contributed by atoms with E-state index in [-0.39, 0.29) is 0 Å². The third kappa shape index (κ3) is 5.53. The van der Waals surface area contributed by atoms with E-state index >= 15 is 0 Å². The van der Waals surface area contributed by atoms with Crippen molar-refractivity contribution in [2.24, 2.45) is 0 Å². The van der Waals surface area contributed by atoms with Crippen molar-refractivity contribution >= 4 is 74.6 Å². The van der Waals surface area contributed by atoms with Crippen LogP contribution in [-0.4, -0.2) is 15.0 Å². The SMILES string of the molecule is c1ccc2cc(-c3ccc4ccccc4c3-c3nc(-c4ccc(-c5cccc6ccccc56)c5ccccc45)nc(-c4cccc5c4sc4ccccc45)n3)ccc2c1. The van der Waals surface area contributed by atoms with E-state index in [1.165, 1.54) is 52.8 Å². The number of rotatable bonds is 5. The second-order valence-corrected chi connectivity index (χ2v) is 16.1. The average molecular weight is 768 g/mol. The van der Waals surface area contributed by atoms with Crippen LogP contribution in [0.5, 0.6) is 0 Å². The smallest absolute Gasteiger partial charge is 0.165 e. The molecule has 0 N–H and O–H groups in total. The molecule has 12 aromatic rings. The van der Waals surface area contributed by atoms with Gasteiger partial charge in [0.2, 0.25) is 0 Å². The Morgan fingerprint density at radius 1 is 0.288 bits per heavy atom. The van der Waals surface area contributed by atoms with Gasteiger partial charge in [-0.1, -0.05) is 176 Å². The van der Waals surface area contributed by atoms with Gasteiger partial charge in [0, 0.05) is 36.9 Å². The summed E-state index contributed by atoms with van der Waals surface area (Å²) in [5, 5.41) is 11.8. The summed E-state index contributed by atoms with van der Waals surface area (Å²) in [5.41, 5.74) is 7.53. The fraction of sp³-hybridized carbons (Fsp3) is 0. The van der Waals surface area contributed by atoms with E-state index in [4.69, 9.17) is 15.0 Å². The van der Waals surface area contributed by atoms with Crippen molar-refractivity contribution in [3.8, 4) is 56.4 Å². The third-order valence-corrected chi connectivity index (χ3v) is 13.0. The molecule has 0 saturated carbocycles. The molecule has 0 radical (unpaired) electrons. The van der Waals surface area contributed by atoms with E-state index in [9.17, 15) is 0 Å². The molecule has 10 aromatic carbocycles. The van der Waals surface area contributed by atoms with Crippen molar-refractivity contribution in [1.82, 2.24) is 15.0 Å². The van der Waals surface area contributed by atoms with Crippen molar-refractivity contribution in [3.05, 3.63) is 200 Å². The Kier molecular flexibility index (Phi) is 7.72. The molecule has 3 nitrogen and oxygen atoms in total. The summed E-state index contributed by atoms with van der Waals surface area (Å²) in [7, 11) is 0. The lowest BCUT2D eigenvalue weighted by molar-refractivity contribution is 1.08. The fourth-order valence-corrected chi connectivity index (χ4v) is 10.2. The quantitative estimate of drug-likeness (QED) is 0.175. The van der Waals surface area contributed by atoms with E-state index in [1.54, 1.807) is 11.3 Å². The van der Waals surface area contributed by atoms with Crippen LogP contribution in [0.3, 0.4) is 0 Å². The normalized spacial score (nSPS) is 11.7. The van der Waals surface area contributed by atoms with Crippen LogP contribution >= 0.6 is 11.3 Å². The van der Waals surface area contributed by atoms with Crippen LogP contribution < -0.4 is 0 Å². The monoisotopic (exact) mass is 767 g/mol. The molecule has 0 aliphatic carbocycles. The zero-order valence-corrected chi connectivity index (χ0v) is 32.6. The summed E-state index contributed by atoms with van der Waals surface area (Å²) in [4.78, 5) is 16.4. The van der Waals surface area contributed by atoms with Gasteiger partial charge in [0.25, 0.3) is 0 Å². The molecule has 0 aliphatic heterocycles. The molecule has 0 spiro atoms. The molecular weight excluding hydrogens is 735 g/mol. The lowest BCUT2D eigenvalue weighted by Crippen LogP contribution is -2.02. The Hall–Kier alpha value is -7.53. The zero-order chi connectivity index (χ0) is 38.9. The lowest BCUT2D eigenvalue weighted by atomic mass is 9.91. The molecule has 0 bridgehead atoms. The summed E-state index contributed by atoms with van der Waals surface area (Å²) in [5.74, 6) is 1.94. The van der Waals surface area contributed by atoms with Crippen LogP contribution in [0.4, 0.5) is 0 Å². The highest BCUT2D eigenvalue weighted by Gasteiger charge is 2.22. The maximum absolute atomic E-state index is 5.50. The Balaban J connectivity index is 1.16. The Bertz CT molecular complexity index is 3630. The summed E-state index contributed by atoms with van der Waals surface area (Å²) >= 11 is 1.79. The zero-order valence-electron chi connectivity index (χ0n) is 31.8. The molecule has 0 atom stereocenters. The number of hydrogen-bond donors (Lipinski definition) is 0. The maximum atomic E-state index is 5.50. The van der Waals surface area contributed by atoms with Crippen molar-refractivity contribution in [3.63, 3.8) is 0 Å². The number of benzene rings is 10. The first-order valence-corrected chi connectivity index (χ1v) is 20.8. The highest BCUT2D eigenvalue weighted by atomic mass is 32.1. The van der Waals surface area contributed by atoms with Crippen molar-refractivity contribution in [2.45, 2.75) is 0 Å². The van der Waals surface area contributed by atoms with Crippen LogP contribution in [0.15, 0.2) is 200 Å². The van der Waals surface area contributed by atoms with Crippen LogP contribution in [0.1, 0.15) is 0 Å². The summed E-state index contributed by atoms with van der Waals surface area (Å²) < 4.78 is 2.41. The van der Waals surface area contributed by atoms with Crippen LogP contribution in [0.25, 0.3) is 120 Å². The number of nitrogens with zero attached hydrogens (tertiary/aromatic N) is 3. The van der Waals surface area contributed by atoms with Gasteiger partial charge in [-0.05, 0) is 89.6 Å². The van der Waals surface area contributed by atoms with E-state index in [2.05, 4.69) is 200 Å². The molecule has 2 aromatic heterocycles. The number of thiophene rings is 1. The van der Waals surface area contributed by atoms with Crippen molar-refractivity contribution < 1.29 is 0 Å². The van der Waals surface area contributed by atoms with Crippen molar-refractivity contribution in [1.29, 1.82) is 0 Å². The number of aromatic nitrogens is 3. The Morgan fingerprint density at radius 2 is 0.797 bits per heavy atom. The molecule has 12 rings (SSSR count). The highest BCUT2D eigenvalue weighted by molar-refractivity contribution is 7.26. The van der Waals surface area contributed by atoms with E-state index in [0.29, 0.717) is 17.5 Å². The standard InChI is InChI=1S/C55H33N3S/c1-2-16-37-33-38(28-27-34(37)13-1)41-30-29-36-15-4-6-19-40(36)51(41)55-57-53(56-54(58-55)49-25-12-24-47-46-22-9-10-26-50(46)59-52(47)49)48-32-31-45(43-20-7-8-21-44(43)48)42-23-11-17-35-14-3-5-18-39(35)42/h1-33H. The minimum atomic E-state index is 0.640. The first-order chi connectivity index (χ1) is 29.2. The fourth-order valence-electron chi connectivity index (χ4n) is 8.95. The highest BCUT2D eigenvalue weighted by Crippen LogP contribution is 2.43. The molecule has 0 amide bonds. The van der Waals surface area contributed by atoms with Gasteiger partial charge in [-0.2, -0.15) is 0 Å². The molecule has 4 heteroatoms. The topological polar surface area (TPSA) is 38.7 Å². The molecule has 0 saturated heterocycles. The van der Waals surface area contributed by atoms with Crippen LogP contribution in [0.2, 0.25) is 0 Å².